The van der Waals surface area contributed by atoms with Crippen molar-refractivity contribution in [2.45, 2.75) is 32.2 Å². The molecule has 1 N–H and O–H groups in total. The third-order valence-corrected chi connectivity index (χ3v) is 4.67. The molecule has 23 heavy (non-hydrogen) atoms. The predicted molar refractivity (Wildman–Crippen MR) is 94.6 cm³/mol. The summed E-state index contributed by atoms with van der Waals surface area (Å²) in [6.45, 7) is 2.54. The van der Waals surface area contributed by atoms with Gasteiger partial charge in [0.25, 0.3) is 0 Å². The monoisotopic (exact) mass is 308 g/mol. The Labute approximate surface area is 138 Å². The normalized spacial score (nSPS) is 16.4. The molecule has 0 saturated carbocycles. The van der Waals surface area contributed by atoms with Gasteiger partial charge in [0.15, 0.2) is 0 Å². The summed E-state index contributed by atoms with van der Waals surface area (Å²) in [5.41, 5.74) is 4.94. The number of nitrogens with zero attached hydrogens (tertiary/aromatic N) is 1. The molecule has 0 aliphatic heterocycles. The average molecular weight is 308 g/mol. The summed E-state index contributed by atoms with van der Waals surface area (Å²) in [6, 6.07) is 17.0. The SMILES string of the molecule is CCc1ccc(NC(=O)CN(C)[C@H]2CCc3ccccc32)cc1. The van der Waals surface area contributed by atoms with Crippen LogP contribution in [0.25, 0.3) is 0 Å². The molecule has 0 fully saturated rings. The average Bonchev–Trinajstić information content (AvgIpc) is 2.99. The van der Waals surface area contributed by atoms with Crippen LogP contribution in [0.15, 0.2) is 48.5 Å². The van der Waals surface area contributed by atoms with Gasteiger partial charge in [0.2, 0.25) is 5.91 Å². The summed E-state index contributed by atoms with van der Waals surface area (Å²) in [6.07, 6.45) is 3.21. The number of aryl methyl sites for hydroxylation is 2. The Kier molecular flexibility index (Phi) is 4.77. The third kappa shape index (κ3) is 3.62. The maximum atomic E-state index is 12.3. The van der Waals surface area contributed by atoms with E-state index in [1.165, 1.54) is 16.7 Å². The number of hydrogen-bond acceptors (Lipinski definition) is 2. The quantitative estimate of drug-likeness (QED) is 0.911. The fourth-order valence-corrected chi connectivity index (χ4v) is 3.35. The van der Waals surface area contributed by atoms with Gasteiger partial charge >= 0.3 is 0 Å². The lowest BCUT2D eigenvalue weighted by Gasteiger charge is -2.24. The van der Waals surface area contributed by atoms with E-state index in [9.17, 15) is 4.79 Å². The molecule has 0 saturated heterocycles. The van der Waals surface area contributed by atoms with E-state index in [0.29, 0.717) is 12.6 Å². The van der Waals surface area contributed by atoms with Crippen LogP contribution in [0.4, 0.5) is 5.69 Å². The van der Waals surface area contributed by atoms with E-state index in [1.807, 2.05) is 19.2 Å². The van der Waals surface area contributed by atoms with Crippen LogP contribution < -0.4 is 5.32 Å². The highest BCUT2D eigenvalue weighted by Gasteiger charge is 2.26. The van der Waals surface area contributed by atoms with Crippen LogP contribution in [-0.4, -0.2) is 24.4 Å². The fourth-order valence-electron chi connectivity index (χ4n) is 3.35. The molecule has 1 aliphatic carbocycles. The first kappa shape index (κ1) is 15.8. The molecule has 0 bridgehead atoms. The Morgan fingerprint density at radius 1 is 1.17 bits per heavy atom. The number of nitrogens with one attached hydrogen (secondary N) is 1. The molecule has 1 aliphatic rings. The van der Waals surface area contributed by atoms with Gasteiger partial charge in [0.05, 0.1) is 6.54 Å². The van der Waals surface area contributed by atoms with Crippen LogP contribution >= 0.6 is 0 Å². The fraction of sp³-hybridized carbons (Fsp3) is 0.350. The zero-order chi connectivity index (χ0) is 16.2. The molecule has 0 radical (unpaired) electrons. The van der Waals surface area contributed by atoms with Gasteiger partial charge in [-0.1, -0.05) is 43.3 Å². The largest absolute Gasteiger partial charge is 0.325 e. The second-order valence-corrected chi connectivity index (χ2v) is 6.27. The summed E-state index contributed by atoms with van der Waals surface area (Å²) < 4.78 is 0. The molecule has 0 heterocycles. The highest BCUT2D eigenvalue weighted by Crippen LogP contribution is 2.34. The van der Waals surface area contributed by atoms with Gasteiger partial charge in [-0.2, -0.15) is 0 Å². The van der Waals surface area contributed by atoms with Crippen molar-refractivity contribution < 1.29 is 4.79 Å². The van der Waals surface area contributed by atoms with Crippen LogP contribution in [-0.2, 0) is 17.6 Å². The van der Waals surface area contributed by atoms with E-state index in [1.54, 1.807) is 0 Å². The van der Waals surface area contributed by atoms with Crippen LogP contribution in [0.3, 0.4) is 0 Å². The topological polar surface area (TPSA) is 32.3 Å². The number of carbonyl (C=O) groups is 1. The highest BCUT2D eigenvalue weighted by atomic mass is 16.2. The Bertz CT molecular complexity index is 678. The van der Waals surface area contributed by atoms with Gasteiger partial charge in [-0.05, 0) is 55.1 Å². The first-order valence-corrected chi connectivity index (χ1v) is 8.34. The number of benzene rings is 2. The van der Waals surface area contributed by atoms with Crippen molar-refractivity contribution in [2.24, 2.45) is 0 Å². The first-order chi connectivity index (χ1) is 11.2. The molecule has 1 amide bonds. The van der Waals surface area contributed by atoms with Gasteiger partial charge in [-0.25, -0.2) is 0 Å². The lowest BCUT2D eigenvalue weighted by molar-refractivity contribution is -0.117. The molecular weight excluding hydrogens is 284 g/mol. The number of anilines is 1. The number of amides is 1. The molecule has 1 atom stereocenters. The lowest BCUT2D eigenvalue weighted by Crippen LogP contribution is -2.32. The smallest absolute Gasteiger partial charge is 0.238 e. The van der Waals surface area contributed by atoms with Crippen molar-refractivity contribution in [3.8, 4) is 0 Å². The number of carbonyl (C=O) groups excluding carboxylic acids is 1. The number of rotatable bonds is 5. The standard InChI is InChI=1S/C20H24N2O/c1-3-15-8-11-17(12-9-15)21-20(23)14-22(2)19-13-10-16-6-4-5-7-18(16)19/h4-9,11-12,19H,3,10,13-14H2,1-2H3,(H,21,23)/t19-/m0/s1. The second kappa shape index (κ2) is 6.97. The maximum absolute atomic E-state index is 12.3. The van der Waals surface area contributed by atoms with Gasteiger partial charge in [-0.15, -0.1) is 0 Å². The molecule has 0 spiro atoms. The van der Waals surface area contributed by atoms with E-state index < -0.39 is 0 Å². The molecule has 3 rings (SSSR count). The minimum atomic E-state index is 0.0427. The number of fused-ring (bicyclic) bond motifs is 1. The zero-order valence-corrected chi connectivity index (χ0v) is 13.9. The summed E-state index contributed by atoms with van der Waals surface area (Å²) in [5, 5.41) is 2.99. The molecule has 0 aromatic heterocycles. The zero-order valence-electron chi connectivity index (χ0n) is 13.9. The summed E-state index contributed by atoms with van der Waals surface area (Å²) in [7, 11) is 2.03. The molecule has 2 aromatic carbocycles. The molecule has 2 aromatic rings. The van der Waals surface area contributed by atoms with Gasteiger partial charge < -0.3 is 5.32 Å². The van der Waals surface area contributed by atoms with Crippen LogP contribution in [0.2, 0.25) is 0 Å². The number of hydrogen-bond donors (Lipinski definition) is 1. The molecule has 3 nitrogen and oxygen atoms in total. The van der Waals surface area contributed by atoms with Crippen molar-refractivity contribution in [1.82, 2.24) is 4.90 Å². The van der Waals surface area contributed by atoms with Crippen molar-refractivity contribution in [2.75, 3.05) is 18.9 Å². The van der Waals surface area contributed by atoms with Crippen molar-refractivity contribution >= 4 is 11.6 Å². The van der Waals surface area contributed by atoms with E-state index in [-0.39, 0.29) is 5.91 Å². The summed E-state index contributed by atoms with van der Waals surface area (Å²) >= 11 is 0. The van der Waals surface area contributed by atoms with E-state index in [2.05, 4.69) is 53.5 Å². The minimum Gasteiger partial charge on any atom is -0.325 e. The van der Waals surface area contributed by atoms with Crippen molar-refractivity contribution in [3.05, 3.63) is 65.2 Å². The molecule has 120 valence electrons. The van der Waals surface area contributed by atoms with E-state index >= 15 is 0 Å². The Morgan fingerprint density at radius 3 is 2.65 bits per heavy atom. The first-order valence-electron chi connectivity index (χ1n) is 8.34. The van der Waals surface area contributed by atoms with Crippen LogP contribution in [0.1, 0.15) is 36.1 Å². The van der Waals surface area contributed by atoms with Crippen molar-refractivity contribution in [3.63, 3.8) is 0 Å². The minimum absolute atomic E-state index is 0.0427. The summed E-state index contributed by atoms with van der Waals surface area (Å²) in [5.74, 6) is 0.0427. The Balaban J connectivity index is 1.59. The van der Waals surface area contributed by atoms with Gasteiger partial charge in [0, 0.05) is 11.7 Å². The summed E-state index contributed by atoms with van der Waals surface area (Å²) in [4.78, 5) is 14.4. The van der Waals surface area contributed by atoms with Crippen LogP contribution in [0, 0.1) is 0 Å². The number of likely N-dealkylation sites (N-methyl/N-ethyl adjacent to an activating group) is 1. The molecule has 3 heteroatoms. The third-order valence-electron chi connectivity index (χ3n) is 4.67. The van der Waals surface area contributed by atoms with E-state index in [0.717, 1.165) is 24.9 Å². The Morgan fingerprint density at radius 2 is 1.91 bits per heavy atom. The highest BCUT2D eigenvalue weighted by molar-refractivity contribution is 5.92. The second-order valence-electron chi connectivity index (χ2n) is 6.27. The van der Waals surface area contributed by atoms with Crippen molar-refractivity contribution in [1.29, 1.82) is 0 Å². The van der Waals surface area contributed by atoms with E-state index in [4.69, 9.17) is 0 Å². The lowest BCUT2D eigenvalue weighted by atomic mass is 10.1. The van der Waals surface area contributed by atoms with Gasteiger partial charge in [-0.3, -0.25) is 9.69 Å². The molecule has 0 unspecified atom stereocenters. The van der Waals surface area contributed by atoms with Gasteiger partial charge in [0.1, 0.15) is 0 Å². The predicted octanol–water partition coefficient (Wildman–Crippen LogP) is 3.81. The van der Waals surface area contributed by atoms with Crippen LogP contribution in [0.5, 0.6) is 0 Å². The maximum Gasteiger partial charge on any atom is 0.238 e. The Hall–Kier alpha value is -2.13. The molecular formula is C20H24N2O.